The van der Waals surface area contributed by atoms with E-state index in [2.05, 4.69) is 10.6 Å². The molecule has 0 spiro atoms. The van der Waals surface area contributed by atoms with Gasteiger partial charge < -0.3 is 24.8 Å². The van der Waals surface area contributed by atoms with Crippen molar-refractivity contribution in [3.8, 4) is 11.5 Å². The second-order valence-electron chi connectivity index (χ2n) is 12.1. The van der Waals surface area contributed by atoms with Gasteiger partial charge in [0.05, 0.1) is 42.1 Å². The van der Waals surface area contributed by atoms with Gasteiger partial charge in [0.15, 0.2) is 11.6 Å². The normalized spacial score (nSPS) is 23.6. The molecule has 0 aromatic heterocycles. The Morgan fingerprint density at radius 2 is 1.66 bits per heavy atom. The molecule has 0 saturated heterocycles. The fraction of sp³-hybridized carbons (Fsp3) is 0.531. The van der Waals surface area contributed by atoms with E-state index in [-0.39, 0.29) is 28.7 Å². The zero-order chi connectivity index (χ0) is 34.6. The highest BCUT2D eigenvalue weighted by atomic mass is 127. The summed E-state index contributed by atoms with van der Waals surface area (Å²) in [6.45, 7) is 1.82. The Kier molecular flexibility index (Phi) is 11.7. The molecule has 2 saturated carbocycles. The summed E-state index contributed by atoms with van der Waals surface area (Å²) < 4.78 is 79.2. The Hall–Kier alpha value is -3.08. The third-order valence-corrected chi connectivity index (χ3v) is 12.1. The molecule has 2 atom stereocenters. The molecule has 47 heavy (non-hydrogen) atoms. The topological polar surface area (TPSA) is 137 Å². The lowest BCUT2D eigenvalue weighted by Gasteiger charge is -2.35. The molecule has 258 valence electrons. The summed E-state index contributed by atoms with van der Waals surface area (Å²) in [7, 11) is -2.34. The molecule has 2 aliphatic rings. The van der Waals surface area contributed by atoms with Crippen molar-refractivity contribution < 1.29 is 50.2 Å². The van der Waals surface area contributed by atoms with E-state index < -0.39 is 59.1 Å². The third kappa shape index (κ3) is 8.51. The first-order chi connectivity index (χ1) is 22.1. The van der Waals surface area contributed by atoms with Crippen molar-refractivity contribution in [2.75, 3.05) is 19.5 Å². The number of nitrogens with one attached hydrogen (secondary N) is 2. The monoisotopic (exact) mass is 794 g/mol. The molecular weight excluding hydrogens is 756 g/mol. The minimum atomic E-state index is -4.98. The summed E-state index contributed by atoms with van der Waals surface area (Å²) in [4.78, 5) is 38.6. The number of methoxy groups -OCH3 is 2. The van der Waals surface area contributed by atoms with Crippen LogP contribution in [0, 0.1) is 17.2 Å². The molecule has 2 aliphatic carbocycles. The van der Waals surface area contributed by atoms with Crippen LogP contribution in [0.15, 0.2) is 41.3 Å². The molecule has 2 amide bonds. The standard InChI is InChI=1S/C32H38F3IN2O8S/c1-31(30(41)45-3)14-12-20(13-15-31)46-27-17-23(26(44-2)18-24(27)33)29(40)38-25-11-6-4-5-10-22(25)28(39)37-19-8-7-9-21(16-19)47(42,43)32(34,35)36/h7-9,16-18,20,22,25H,4-6,10-15H2,1-3H3,(H,37,39)(H,38,40)/t20-,22-,25+,31+/m1/s1. The smallest absolute Gasteiger partial charge is 0.398 e. The van der Waals surface area contributed by atoms with E-state index in [1.807, 2.05) is 6.92 Å². The van der Waals surface area contributed by atoms with Crippen LogP contribution in [0.3, 0.4) is 0 Å². The second-order valence-corrected chi connectivity index (χ2v) is 16.2. The zero-order valence-corrected chi connectivity index (χ0v) is 29.2. The summed E-state index contributed by atoms with van der Waals surface area (Å²) in [5.41, 5.74) is -0.632. The fourth-order valence-corrected chi connectivity index (χ4v) is 7.67. The average Bonchev–Trinajstić information content (AvgIpc) is 3.27. The van der Waals surface area contributed by atoms with Gasteiger partial charge in [0.25, 0.3) is 15.7 Å². The number of esters is 1. The van der Waals surface area contributed by atoms with Gasteiger partial charge in [-0.2, -0.15) is 8.78 Å². The highest BCUT2D eigenvalue weighted by molar-refractivity contribution is 14.1. The van der Waals surface area contributed by atoms with Crippen LogP contribution < -0.4 is 20.1 Å². The van der Waals surface area contributed by atoms with E-state index >= 15 is 4.39 Å². The molecule has 0 aliphatic heterocycles. The van der Waals surface area contributed by atoms with E-state index in [4.69, 9.17) is 14.2 Å². The van der Waals surface area contributed by atoms with Gasteiger partial charge in [-0.25, -0.2) is 12.8 Å². The Balaban J connectivity index is 1.50. The molecule has 15 heteroatoms. The van der Waals surface area contributed by atoms with Gasteiger partial charge in [0.2, 0.25) is 5.91 Å². The predicted octanol–water partition coefficient (Wildman–Crippen LogP) is 6.41. The largest absolute Gasteiger partial charge is 0.496 e. The molecule has 0 bridgehead atoms. The number of anilines is 1. The Morgan fingerprint density at radius 3 is 2.30 bits per heavy atom. The summed E-state index contributed by atoms with van der Waals surface area (Å²) in [5, 5.41) is 5.52. The van der Waals surface area contributed by atoms with Crippen molar-refractivity contribution in [2.24, 2.45) is 11.3 Å². The van der Waals surface area contributed by atoms with Crippen molar-refractivity contribution in [3.63, 3.8) is 0 Å². The Bertz CT molecular complexity index is 1590. The number of hydrogen-bond acceptors (Lipinski definition) is 8. The number of amides is 2. The molecular formula is C32H38F3IN2O8S. The number of carbonyl (C=O) groups is 3. The van der Waals surface area contributed by atoms with Gasteiger partial charge in [-0.1, -0.05) is 25.3 Å². The highest BCUT2D eigenvalue weighted by Crippen LogP contribution is 2.40. The summed E-state index contributed by atoms with van der Waals surface area (Å²) in [5.74, 6) is -3.08. The molecule has 0 radical (unpaired) electrons. The molecule has 2 N–H and O–H groups in total. The van der Waals surface area contributed by atoms with Crippen LogP contribution >= 0.6 is 22.6 Å². The summed E-state index contributed by atoms with van der Waals surface area (Å²) in [6, 6.07) is 6.30. The second kappa shape index (κ2) is 15.0. The summed E-state index contributed by atoms with van der Waals surface area (Å²) >= 11 is 0.543. The van der Waals surface area contributed by atoms with E-state index in [0.717, 1.165) is 24.6 Å². The van der Waals surface area contributed by atoms with Crippen LogP contribution in [-0.4, -0.2) is 55.8 Å². The highest BCUT2D eigenvalue weighted by Gasteiger charge is 2.43. The lowest BCUT2D eigenvalue weighted by Crippen LogP contribution is -2.44. The van der Waals surface area contributed by atoms with E-state index in [9.17, 15) is 31.6 Å². The minimum absolute atomic E-state index is 0.000137. The van der Waals surface area contributed by atoms with Crippen LogP contribution in [0.25, 0.3) is 0 Å². The van der Waals surface area contributed by atoms with E-state index in [1.54, 1.807) is 0 Å². The maximum atomic E-state index is 15.1. The average molecular weight is 795 g/mol. The number of rotatable bonds is 10. The molecule has 0 heterocycles. The van der Waals surface area contributed by atoms with Crippen molar-refractivity contribution >= 4 is 55.9 Å². The third-order valence-electron chi connectivity index (χ3n) is 8.89. The molecule has 2 aromatic rings. The minimum Gasteiger partial charge on any atom is -0.496 e. The SMILES string of the molecule is COc1cc(F)c(O[C@H]2CC[C@@](C)(C(=O)OC)CC2)cc1C(=O)N[C@H]1CCCCC[C@H]1C(=O)Nc1cccc(S(=O)(=O)C(F)(F)I)c1. The predicted molar refractivity (Wildman–Crippen MR) is 175 cm³/mol. The maximum Gasteiger partial charge on any atom is 0.398 e. The van der Waals surface area contributed by atoms with Crippen LogP contribution in [0.5, 0.6) is 11.5 Å². The zero-order valence-electron chi connectivity index (χ0n) is 26.2. The number of sulfone groups is 1. The van der Waals surface area contributed by atoms with Gasteiger partial charge in [-0.05, 0) is 69.7 Å². The van der Waals surface area contributed by atoms with Crippen molar-refractivity contribution in [1.82, 2.24) is 5.32 Å². The summed E-state index contributed by atoms with van der Waals surface area (Å²) in [6.07, 6.45) is 4.62. The van der Waals surface area contributed by atoms with E-state index in [0.29, 0.717) is 74.0 Å². The number of halogens is 4. The first kappa shape index (κ1) is 36.8. The van der Waals surface area contributed by atoms with Crippen LogP contribution in [0.4, 0.5) is 18.9 Å². The lowest BCUT2D eigenvalue weighted by molar-refractivity contribution is -0.154. The number of benzene rings is 2. The van der Waals surface area contributed by atoms with Crippen molar-refractivity contribution in [1.29, 1.82) is 0 Å². The van der Waals surface area contributed by atoms with Crippen LogP contribution in [0.2, 0.25) is 0 Å². The van der Waals surface area contributed by atoms with Gasteiger partial charge in [-0.3, -0.25) is 14.4 Å². The Morgan fingerprint density at radius 1 is 0.979 bits per heavy atom. The lowest BCUT2D eigenvalue weighted by atomic mass is 9.75. The van der Waals surface area contributed by atoms with Crippen LogP contribution in [-0.2, 0) is 24.2 Å². The maximum absolute atomic E-state index is 15.1. The molecule has 10 nitrogen and oxygen atoms in total. The number of alkyl halides is 3. The Labute approximate surface area is 285 Å². The quantitative estimate of drug-likeness (QED) is 0.122. The molecule has 0 unspecified atom stereocenters. The first-order valence-electron chi connectivity index (χ1n) is 15.3. The van der Waals surface area contributed by atoms with Gasteiger partial charge >= 0.3 is 9.23 Å². The van der Waals surface area contributed by atoms with E-state index in [1.165, 1.54) is 32.4 Å². The number of hydrogen-bond donors (Lipinski definition) is 2. The van der Waals surface area contributed by atoms with Gasteiger partial charge in [-0.15, -0.1) is 0 Å². The molecule has 2 fully saturated rings. The van der Waals surface area contributed by atoms with Crippen LogP contribution in [0.1, 0.15) is 75.1 Å². The fourth-order valence-electron chi connectivity index (χ4n) is 6.10. The number of ether oxygens (including phenoxy) is 3. The molecule has 2 aromatic carbocycles. The van der Waals surface area contributed by atoms with Crippen molar-refractivity contribution in [2.45, 2.75) is 85.0 Å². The van der Waals surface area contributed by atoms with Crippen molar-refractivity contribution in [3.05, 3.63) is 47.8 Å². The first-order valence-corrected chi connectivity index (χ1v) is 17.8. The molecule has 4 rings (SSSR count). The van der Waals surface area contributed by atoms with Gasteiger partial charge in [0.1, 0.15) is 5.75 Å². The van der Waals surface area contributed by atoms with Gasteiger partial charge in [0, 0.05) is 40.4 Å². The number of carbonyl (C=O) groups excluding carboxylic acids is 3.